The summed E-state index contributed by atoms with van der Waals surface area (Å²) in [7, 11) is 0. The fourth-order valence-electron chi connectivity index (χ4n) is 1.48. The van der Waals surface area contributed by atoms with E-state index in [0.717, 1.165) is 19.3 Å². The number of hydrogen-bond donors (Lipinski definition) is 2. The highest BCUT2D eigenvalue weighted by Gasteiger charge is 2.15. The molecule has 1 amide bonds. The van der Waals surface area contributed by atoms with Gasteiger partial charge in [-0.05, 0) is 37.5 Å². The fourth-order valence-corrected chi connectivity index (χ4v) is 1.48. The largest absolute Gasteiger partial charge is 0.480 e. The molecule has 1 aromatic rings. The number of aliphatic carboxylic acids is 1. The Labute approximate surface area is 112 Å². The molecule has 0 aliphatic rings. The lowest BCUT2D eigenvalue weighted by atomic mass is 10.1. The second-order valence-electron chi connectivity index (χ2n) is 4.34. The lowest BCUT2D eigenvalue weighted by Gasteiger charge is -2.10. The van der Waals surface area contributed by atoms with E-state index in [9.17, 15) is 9.59 Å². The maximum Gasteiger partial charge on any atom is 0.413 e. The van der Waals surface area contributed by atoms with Crippen LogP contribution in [0.5, 0.6) is 5.75 Å². The molecule has 0 aromatic heterocycles. The maximum absolute atomic E-state index is 11.4. The number of benzene rings is 1. The summed E-state index contributed by atoms with van der Waals surface area (Å²) in [5.74, 6) is -0.706. The number of carbonyl (C=O) groups is 2. The van der Waals surface area contributed by atoms with Crippen molar-refractivity contribution in [3.8, 4) is 5.75 Å². The molecule has 0 spiro atoms. The number of rotatable bonds is 6. The van der Waals surface area contributed by atoms with Gasteiger partial charge in [0.2, 0.25) is 0 Å². The first-order valence-electron chi connectivity index (χ1n) is 6.33. The normalized spacial score (nSPS) is 11.7. The van der Waals surface area contributed by atoms with Gasteiger partial charge in [0, 0.05) is 0 Å². The van der Waals surface area contributed by atoms with E-state index in [1.807, 2.05) is 12.1 Å². The monoisotopic (exact) mass is 265 g/mol. The molecule has 0 saturated carbocycles. The summed E-state index contributed by atoms with van der Waals surface area (Å²) in [5, 5.41) is 10.9. The van der Waals surface area contributed by atoms with Crippen molar-refractivity contribution in [1.82, 2.24) is 5.32 Å². The van der Waals surface area contributed by atoms with Crippen LogP contribution in [0.3, 0.4) is 0 Å². The van der Waals surface area contributed by atoms with Crippen molar-refractivity contribution in [3.63, 3.8) is 0 Å². The van der Waals surface area contributed by atoms with Gasteiger partial charge in [-0.2, -0.15) is 0 Å². The molecule has 1 aromatic carbocycles. The molecule has 5 heteroatoms. The number of carboxylic acids is 1. The SMILES string of the molecule is CCCCc1ccc(OC(=O)NC(C)C(=O)O)cc1. The molecule has 1 rings (SSSR count). The highest BCUT2D eigenvalue weighted by Crippen LogP contribution is 2.14. The highest BCUT2D eigenvalue weighted by molar-refractivity contribution is 5.80. The predicted octanol–water partition coefficient (Wildman–Crippen LogP) is 2.59. The number of nitrogens with one attached hydrogen (secondary N) is 1. The Balaban J connectivity index is 2.48. The molecule has 1 unspecified atom stereocenters. The van der Waals surface area contributed by atoms with Gasteiger partial charge in [-0.15, -0.1) is 0 Å². The third kappa shape index (κ3) is 5.42. The second kappa shape index (κ2) is 7.41. The minimum Gasteiger partial charge on any atom is -0.480 e. The number of hydrogen-bond acceptors (Lipinski definition) is 3. The Bertz CT molecular complexity index is 428. The van der Waals surface area contributed by atoms with Gasteiger partial charge >= 0.3 is 12.1 Å². The number of unbranched alkanes of at least 4 members (excludes halogenated alkanes) is 1. The van der Waals surface area contributed by atoms with Crippen LogP contribution >= 0.6 is 0 Å². The summed E-state index contributed by atoms with van der Waals surface area (Å²) in [6, 6.07) is 6.24. The molecule has 0 radical (unpaired) electrons. The van der Waals surface area contributed by atoms with Gasteiger partial charge in [0.25, 0.3) is 0 Å². The minimum absolute atomic E-state index is 0.398. The van der Waals surface area contributed by atoms with E-state index < -0.39 is 18.1 Å². The molecule has 19 heavy (non-hydrogen) atoms. The molecular weight excluding hydrogens is 246 g/mol. The Morgan fingerprint density at radius 2 is 1.95 bits per heavy atom. The van der Waals surface area contributed by atoms with Crippen LogP contribution in [-0.2, 0) is 11.2 Å². The molecular formula is C14H19NO4. The topological polar surface area (TPSA) is 75.6 Å². The summed E-state index contributed by atoms with van der Waals surface area (Å²) >= 11 is 0. The van der Waals surface area contributed by atoms with Crippen LogP contribution < -0.4 is 10.1 Å². The van der Waals surface area contributed by atoms with Crippen LogP contribution in [0.25, 0.3) is 0 Å². The summed E-state index contributed by atoms with van der Waals surface area (Å²) < 4.78 is 4.98. The van der Waals surface area contributed by atoms with Crippen molar-refractivity contribution in [1.29, 1.82) is 0 Å². The van der Waals surface area contributed by atoms with Gasteiger partial charge in [-0.1, -0.05) is 25.5 Å². The average molecular weight is 265 g/mol. The van der Waals surface area contributed by atoms with Crippen LogP contribution in [-0.4, -0.2) is 23.2 Å². The van der Waals surface area contributed by atoms with Crippen LogP contribution in [0.1, 0.15) is 32.3 Å². The molecule has 5 nitrogen and oxygen atoms in total. The predicted molar refractivity (Wildman–Crippen MR) is 71.3 cm³/mol. The zero-order valence-corrected chi connectivity index (χ0v) is 11.2. The van der Waals surface area contributed by atoms with Crippen molar-refractivity contribution < 1.29 is 19.4 Å². The van der Waals surface area contributed by atoms with Gasteiger partial charge in [0.05, 0.1) is 0 Å². The first kappa shape index (κ1) is 15.0. The van der Waals surface area contributed by atoms with Gasteiger partial charge in [0.1, 0.15) is 11.8 Å². The number of aryl methyl sites for hydroxylation is 1. The van der Waals surface area contributed by atoms with Gasteiger partial charge in [-0.3, -0.25) is 4.79 Å². The molecule has 0 fully saturated rings. The van der Waals surface area contributed by atoms with Gasteiger partial charge in [-0.25, -0.2) is 4.79 Å². The van der Waals surface area contributed by atoms with Crippen LogP contribution in [0.15, 0.2) is 24.3 Å². The van der Waals surface area contributed by atoms with E-state index in [-0.39, 0.29) is 0 Å². The van der Waals surface area contributed by atoms with E-state index in [1.165, 1.54) is 12.5 Å². The molecule has 0 aliphatic carbocycles. The van der Waals surface area contributed by atoms with E-state index in [2.05, 4.69) is 12.2 Å². The van der Waals surface area contributed by atoms with Crippen LogP contribution in [0.4, 0.5) is 4.79 Å². The third-order valence-electron chi connectivity index (χ3n) is 2.66. The first-order valence-corrected chi connectivity index (χ1v) is 6.33. The molecule has 0 aliphatic heterocycles. The number of amides is 1. The van der Waals surface area contributed by atoms with Crippen LogP contribution in [0, 0.1) is 0 Å². The van der Waals surface area contributed by atoms with Crippen molar-refractivity contribution in [2.45, 2.75) is 39.2 Å². The summed E-state index contributed by atoms with van der Waals surface area (Å²) in [4.78, 5) is 21.9. The van der Waals surface area contributed by atoms with Crippen molar-refractivity contribution in [3.05, 3.63) is 29.8 Å². The van der Waals surface area contributed by atoms with E-state index in [1.54, 1.807) is 12.1 Å². The summed E-state index contributed by atoms with van der Waals surface area (Å²) in [5.41, 5.74) is 1.19. The molecule has 0 heterocycles. The van der Waals surface area contributed by atoms with E-state index in [4.69, 9.17) is 9.84 Å². The lowest BCUT2D eigenvalue weighted by Crippen LogP contribution is -2.39. The maximum atomic E-state index is 11.4. The zero-order chi connectivity index (χ0) is 14.3. The average Bonchev–Trinajstić information content (AvgIpc) is 2.37. The Morgan fingerprint density at radius 1 is 1.32 bits per heavy atom. The molecule has 2 N–H and O–H groups in total. The van der Waals surface area contributed by atoms with E-state index >= 15 is 0 Å². The van der Waals surface area contributed by atoms with Gasteiger partial charge < -0.3 is 15.2 Å². The number of carbonyl (C=O) groups excluding carboxylic acids is 1. The molecule has 0 bridgehead atoms. The van der Waals surface area contributed by atoms with Crippen molar-refractivity contribution in [2.24, 2.45) is 0 Å². The van der Waals surface area contributed by atoms with Gasteiger partial charge in [0.15, 0.2) is 0 Å². The number of carboxylic acid groups (broad SMARTS) is 1. The number of ether oxygens (including phenoxy) is 1. The zero-order valence-electron chi connectivity index (χ0n) is 11.2. The van der Waals surface area contributed by atoms with Crippen molar-refractivity contribution in [2.75, 3.05) is 0 Å². The Hall–Kier alpha value is -2.04. The highest BCUT2D eigenvalue weighted by atomic mass is 16.6. The third-order valence-corrected chi connectivity index (χ3v) is 2.66. The smallest absolute Gasteiger partial charge is 0.413 e. The Kier molecular flexibility index (Phi) is 5.85. The first-order chi connectivity index (χ1) is 9.02. The second-order valence-corrected chi connectivity index (χ2v) is 4.34. The van der Waals surface area contributed by atoms with Crippen LogP contribution in [0.2, 0.25) is 0 Å². The summed E-state index contributed by atoms with van der Waals surface area (Å²) in [6.07, 6.45) is 2.49. The molecule has 104 valence electrons. The standard InChI is InChI=1S/C14H19NO4/c1-3-4-5-11-6-8-12(9-7-11)19-14(18)15-10(2)13(16)17/h6-10H,3-5H2,1-2H3,(H,15,18)(H,16,17). The fraction of sp³-hybridized carbons (Fsp3) is 0.429. The minimum atomic E-state index is -1.10. The Morgan fingerprint density at radius 3 is 2.47 bits per heavy atom. The molecule has 1 atom stereocenters. The van der Waals surface area contributed by atoms with Crippen molar-refractivity contribution >= 4 is 12.1 Å². The lowest BCUT2D eigenvalue weighted by molar-refractivity contribution is -0.138. The van der Waals surface area contributed by atoms with E-state index in [0.29, 0.717) is 5.75 Å². The quantitative estimate of drug-likeness (QED) is 0.829. The molecule has 0 saturated heterocycles. The summed E-state index contributed by atoms with van der Waals surface area (Å²) in [6.45, 7) is 3.50.